The fourth-order valence-corrected chi connectivity index (χ4v) is 6.66. The Kier molecular flexibility index (Phi) is 5.71. The SMILES string of the molecule is CC(OC(=O)Nc1c(C#Cc2cc3sc(C4(C(=O)O)CC4)cc3s2)oc2ncccc12)c1ccccc1. The number of fused-ring (bicyclic) bond motifs is 2. The van der Waals surface area contributed by atoms with Crippen LogP contribution in [-0.4, -0.2) is 22.2 Å². The van der Waals surface area contributed by atoms with Gasteiger partial charge < -0.3 is 14.3 Å². The number of hydrogen-bond donors (Lipinski definition) is 2. The molecule has 184 valence electrons. The van der Waals surface area contributed by atoms with Gasteiger partial charge in [-0.15, -0.1) is 22.7 Å². The fourth-order valence-electron chi connectivity index (χ4n) is 4.17. The molecule has 2 N–H and O–H groups in total. The predicted molar refractivity (Wildman–Crippen MR) is 143 cm³/mol. The highest BCUT2D eigenvalue weighted by Gasteiger charge is 2.53. The van der Waals surface area contributed by atoms with Gasteiger partial charge in [0.2, 0.25) is 11.5 Å². The number of carboxylic acids is 1. The molecule has 1 atom stereocenters. The summed E-state index contributed by atoms with van der Waals surface area (Å²) in [6.45, 7) is 1.81. The normalized spacial score (nSPS) is 14.6. The lowest BCUT2D eigenvalue weighted by Crippen LogP contribution is -2.17. The van der Waals surface area contributed by atoms with Crippen LogP contribution in [0.3, 0.4) is 0 Å². The van der Waals surface area contributed by atoms with E-state index in [9.17, 15) is 14.7 Å². The number of carbonyl (C=O) groups excluding carboxylic acids is 1. The molecule has 0 radical (unpaired) electrons. The van der Waals surface area contributed by atoms with E-state index in [1.165, 1.54) is 22.7 Å². The van der Waals surface area contributed by atoms with Crippen molar-refractivity contribution in [2.45, 2.75) is 31.3 Å². The van der Waals surface area contributed by atoms with Gasteiger partial charge in [0.05, 0.1) is 10.3 Å². The minimum atomic E-state index is -0.753. The Bertz CT molecular complexity index is 1690. The molecule has 1 amide bonds. The minimum absolute atomic E-state index is 0.276. The molecule has 0 saturated heterocycles. The quantitative estimate of drug-likeness (QED) is 0.240. The van der Waals surface area contributed by atoms with E-state index in [2.05, 4.69) is 22.1 Å². The third kappa shape index (κ3) is 4.35. The standard InChI is InChI=1S/C28H20N2O5S2/c1-16(17-6-3-2-4-7-17)34-27(33)30-24-19-8-5-13-29-25(19)35-20(24)10-9-18-14-21-22(36-18)15-23(37-21)28(11-12-28)26(31)32/h2-8,13-16H,11-12H2,1H3,(H,30,33)(H,31,32). The molecular formula is C28H20N2O5S2. The lowest BCUT2D eigenvalue weighted by molar-refractivity contribution is -0.139. The molecule has 9 heteroatoms. The minimum Gasteiger partial charge on any atom is -0.481 e. The van der Waals surface area contributed by atoms with E-state index in [0.717, 1.165) is 24.7 Å². The average Bonchev–Trinajstić information content (AvgIpc) is 3.33. The summed E-state index contributed by atoms with van der Waals surface area (Å²) in [7, 11) is 0. The number of amides is 1. The monoisotopic (exact) mass is 528 g/mol. The van der Waals surface area contributed by atoms with Crippen molar-refractivity contribution < 1.29 is 23.8 Å². The zero-order chi connectivity index (χ0) is 25.6. The summed E-state index contributed by atoms with van der Waals surface area (Å²) >= 11 is 3.01. The number of carboxylic acid groups (broad SMARTS) is 1. The second kappa shape index (κ2) is 9.07. The highest BCUT2D eigenvalue weighted by atomic mass is 32.1. The number of furan rings is 1. The van der Waals surface area contributed by atoms with Gasteiger partial charge in [-0.2, -0.15) is 0 Å². The van der Waals surface area contributed by atoms with Gasteiger partial charge in [-0.05, 0) is 61.4 Å². The number of ether oxygens (including phenoxy) is 1. The third-order valence-corrected chi connectivity index (χ3v) is 8.80. The molecule has 7 nitrogen and oxygen atoms in total. The number of aliphatic carboxylic acids is 1. The Morgan fingerprint density at radius 3 is 2.62 bits per heavy atom. The van der Waals surface area contributed by atoms with Crippen LogP contribution in [0.1, 0.15) is 46.9 Å². The van der Waals surface area contributed by atoms with Crippen LogP contribution in [0.5, 0.6) is 0 Å². The lowest BCUT2D eigenvalue weighted by atomic mass is 10.1. The van der Waals surface area contributed by atoms with Crippen LogP contribution in [0.25, 0.3) is 20.5 Å². The highest BCUT2D eigenvalue weighted by molar-refractivity contribution is 7.28. The molecule has 1 unspecified atom stereocenters. The summed E-state index contributed by atoms with van der Waals surface area (Å²) < 4.78 is 13.4. The summed E-state index contributed by atoms with van der Waals surface area (Å²) in [5.74, 6) is 5.67. The molecule has 37 heavy (non-hydrogen) atoms. The summed E-state index contributed by atoms with van der Waals surface area (Å²) in [5.41, 5.74) is 0.939. The van der Waals surface area contributed by atoms with Gasteiger partial charge in [0, 0.05) is 20.5 Å². The van der Waals surface area contributed by atoms with E-state index in [1.54, 1.807) is 25.3 Å². The zero-order valence-corrected chi connectivity index (χ0v) is 21.2. The molecule has 4 aromatic heterocycles. The molecule has 1 saturated carbocycles. The number of thiophene rings is 2. The Morgan fingerprint density at radius 1 is 1.11 bits per heavy atom. The molecule has 5 aromatic rings. The van der Waals surface area contributed by atoms with E-state index in [1.807, 2.05) is 42.5 Å². The van der Waals surface area contributed by atoms with Crippen LogP contribution in [0.2, 0.25) is 0 Å². The van der Waals surface area contributed by atoms with Crippen molar-refractivity contribution in [3.63, 3.8) is 0 Å². The van der Waals surface area contributed by atoms with Gasteiger partial charge in [-0.25, -0.2) is 9.78 Å². The maximum absolute atomic E-state index is 12.7. The smallest absolute Gasteiger partial charge is 0.412 e. The van der Waals surface area contributed by atoms with Crippen molar-refractivity contribution in [1.82, 2.24) is 4.98 Å². The molecule has 1 fully saturated rings. The number of aromatic nitrogens is 1. The second-order valence-corrected chi connectivity index (χ2v) is 11.0. The lowest BCUT2D eigenvalue weighted by Gasteiger charge is -2.13. The van der Waals surface area contributed by atoms with Crippen molar-refractivity contribution in [1.29, 1.82) is 0 Å². The molecule has 0 spiro atoms. The fraction of sp³-hybridized carbons (Fsp3) is 0.179. The molecule has 0 bridgehead atoms. The van der Waals surface area contributed by atoms with Crippen LogP contribution in [-0.2, 0) is 14.9 Å². The maximum Gasteiger partial charge on any atom is 0.412 e. The summed E-state index contributed by atoms with van der Waals surface area (Å²) in [6, 6.07) is 17.0. The Hall–Kier alpha value is -4.13. The van der Waals surface area contributed by atoms with E-state index >= 15 is 0 Å². The zero-order valence-electron chi connectivity index (χ0n) is 19.6. The average molecular weight is 529 g/mol. The first-order valence-corrected chi connectivity index (χ1v) is 13.3. The Labute approximate surface area is 219 Å². The third-order valence-electron chi connectivity index (χ3n) is 6.38. The molecule has 1 aliphatic rings. The van der Waals surface area contributed by atoms with Gasteiger partial charge in [0.25, 0.3) is 0 Å². The van der Waals surface area contributed by atoms with Crippen LogP contribution >= 0.6 is 22.7 Å². The van der Waals surface area contributed by atoms with E-state index in [4.69, 9.17) is 9.15 Å². The largest absolute Gasteiger partial charge is 0.481 e. The van der Waals surface area contributed by atoms with Crippen molar-refractivity contribution >= 4 is 60.9 Å². The number of nitrogens with zero attached hydrogens (tertiary/aromatic N) is 1. The highest BCUT2D eigenvalue weighted by Crippen LogP contribution is 2.52. The van der Waals surface area contributed by atoms with Crippen LogP contribution < -0.4 is 5.32 Å². The first-order valence-electron chi connectivity index (χ1n) is 11.6. The van der Waals surface area contributed by atoms with E-state index in [-0.39, 0.29) is 5.76 Å². The van der Waals surface area contributed by atoms with E-state index in [0.29, 0.717) is 29.6 Å². The Morgan fingerprint density at radius 2 is 1.89 bits per heavy atom. The molecule has 1 aliphatic carbocycles. The van der Waals surface area contributed by atoms with E-state index < -0.39 is 23.6 Å². The van der Waals surface area contributed by atoms with Gasteiger partial charge in [0.1, 0.15) is 17.2 Å². The molecule has 6 rings (SSSR count). The topological polar surface area (TPSA) is 102 Å². The van der Waals surface area contributed by atoms with Crippen molar-refractivity contribution in [2.75, 3.05) is 5.32 Å². The molecule has 4 heterocycles. The molecule has 1 aromatic carbocycles. The molecule has 0 aliphatic heterocycles. The second-order valence-electron chi connectivity index (χ2n) is 8.83. The number of pyridine rings is 1. The first-order chi connectivity index (χ1) is 17.9. The molecular weight excluding hydrogens is 508 g/mol. The van der Waals surface area contributed by atoms with Gasteiger partial charge in [-0.1, -0.05) is 30.3 Å². The first kappa shape index (κ1) is 23.3. The number of nitrogens with one attached hydrogen (secondary N) is 1. The Balaban J connectivity index is 1.26. The number of carbonyl (C=O) groups is 2. The van der Waals surface area contributed by atoms with Gasteiger partial charge >= 0.3 is 12.1 Å². The van der Waals surface area contributed by atoms with Gasteiger partial charge in [-0.3, -0.25) is 10.1 Å². The summed E-state index contributed by atoms with van der Waals surface area (Å²) in [6.07, 6.45) is 1.92. The number of anilines is 1. The van der Waals surface area contributed by atoms with Crippen LogP contribution in [0.4, 0.5) is 10.5 Å². The van der Waals surface area contributed by atoms with Crippen LogP contribution in [0, 0.1) is 11.8 Å². The van der Waals surface area contributed by atoms with Crippen molar-refractivity contribution in [2.24, 2.45) is 0 Å². The predicted octanol–water partition coefficient (Wildman–Crippen LogP) is 6.93. The van der Waals surface area contributed by atoms with Crippen LogP contribution in [0.15, 0.2) is 65.2 Å². The summed E-state index contributed by atoms with van der Waals surface area (Å²) in [5, 5.41) is 13.0. The maximum atomic E-state index is 12.7. The number of rotatable bonds is 5. The number of benzene rings is 1. The van der Waals surface area contributed by atoms with Gasteiger partial charge in [0.15, 0.2) is 0 Å². The number of hydrogen-bond acceptors (Lipinski definition) is 7. The summed E-state index contributed by atoms with van der Waals surface area (Å²) in [4.78, 5) is 30.3. The van der Waals surface area contributed by atoms with Crippen molar-refractivity contribution in [3.8, 4) is 11.8 Å². The van der Waals surface area contributed by atoms with Crippen molar-refractivity contribution in [3.05, 3.63) is 81.9 Å².